The molecule has 0 radical (unpaired) electrons. The van der Waals surface area contributed by atoms with Crippen LogP contribution in [0.3, 0.4) is 0 Å². The van der Waals surface area contributed by atoms with Crippen molar-refractivity contribution in [1.29, 1.82) is 0 Å². The average molecular weight is 406 g/mol. The van der Waals surface area contributed by atoms with Crippen molar-refractivity contribution in [3.05, 3.63) is 65.5 Å². The standard InChI is InChI=1S/C23H26N4O3/c1-15(21-25-19-10-6-7-11-20(19)26(21)12-13-30-3)24-22(28)16(2)27-14-17-8-4-5-9-18(17)23(27)29/h4-11,15-16H,12-14H2,1-3H3,(H,24,28)/t15-,16-/m1/s1. The third-order valence-corrected chi connectivity index (χ3v) is 5.65. The maximum atomic E-state index is 13.0. The molecule has 2 aromatic carbocycles. The van der Waals surface area contributed by atoms with Gasteiger partial charge in [0.25, 0.3) is 5.91 Å². The summed E-state index contributed by atoms with van der Waals surface area (Å²) in [6.45, 7) is 5.31. The van der Waals surface area contributed by atoms with Gasteiger partial charge in [0.1, 0.15) is 11.9 Å². The van der Waals surface area contributed by atoms with E-state index in [1.807, 2.05) is 55.5 Å². The summed E-state index contributed by atoms with van der Waals surface area (Å²) >= 11 is 0. The Balaban J connectivity index is 1.52. The van der Waals surface area contributed by atoms with E-state index < -0.39 is 6.04 Å². The molecule has 0 saturated carbocycles. The molecule has 0 spiro atoms. The normalized spacial score (nSPS) is 15.3. The molecule has 30 heavy (non-hydrogen) atoms. The first-order chi connectivity index (χ1) is 14.5. The second kappa shape index (κ2) is 8.28. The van der Waals surface area contributed by atoms with E-state index in [1.165, 1.54) is 0 Å². The first kappa shape index (κ1) is 20.1. The summed E-state index contributed by atoms with van der Waals surface area (Å²) in [4.78, 5) is 32.0. The number of aromatic nitrogens is 2. The maximum Gasteiger partial charge on any atom is 0.255 e. The van der Waals surface area contributed by atoms with E-state index in [-0.39, 0.29) is 17.9 Å². The van der Waals surface area contributed by atoms with Gasteiger partial charge in [-0.15, -0.1) is 0 Å². The zero-order valence-corrected chi connectivity index (χ0v) is 17.5. The van der Waals surface area contributed by atoms with Crippen LogP contribution >= 0.6 is 0 Å². The highest BCUT2D eigenvalue weighted by Crippen LogP contribution is 2.25. The van der Waals surface area contributed by atoms with Crippen LogP contribution in [-0.4, -0.2) is 46.0 Å². The second-order valence-corrected chi connectivity index (χ2v) is 7.60. The first-order valence-corrected chi connectivity index (χ1v) is 10.1. The first-order valence-electron chi connectivity index (χ1n) is 10.1. The molecule has 2 atom stereocenters. The summed E-state index contributed by atoms with van der Waals surface area (Å²) in [5, 5.41) is 3.04. The van der Waals surface area contributed by atoms with Gasteiger partial charge in [0, 0.05) is 25.8 Å². The van der Waals surface area contributed by atoms with Crippen LogP contribution in [0.1, 0.15) is 41.6 Å². The zero-order valence-electron chi connectivity index (χ0n) is 17.5. The minimum absolute atomic E-state index is 0.103. The fourth-order valence-electron chi connectivity index (χ4n) is 3.97. The fourth-order valence-corrected chi connectivity index (χ4v) is 3.97. The average Bonchev–Trinajstić information content (AvgIpc) is 3.30. The predicted molar refractivity (Wildman–Crippen MR) is 114 cm³/mol. The van der Waals surface area contributed by atoms with Gasteiger partial charge in [0.15, 0.2) is 0 Å². The van der Waals surface area contributed by atoms with E-state index >= 15 is 0 Å². The molecule has 0 bridgehead atoms. The van der Waals surface area contributed by atoms with Crippen molar-refractivity contribution in [3.8, 4) is 0 Å². The number of benzene rings is 2. The van der Waals surface area contributed by atoms with Gasteiger partial charge in [-0.25, -0.2) is 4.98 Å². The molecule has 2 amide bonds. The molecule has 2 heterocycles. The number of carbonyl (C=O) groups excluding carboxylic acids is 2. The maximum absolute atomic E-state index is 13.0. The Bertz CT molecular complexity index is 1090. The zero-order chi connectivity index (χ0) is 21.3. The van der Waals surface area contributed by atoms with E-state index in [0.717, 1.165) is 22.4 Å². The number of hydrogen-bond donors (Lipinski definition) is 1. The topological polar surface area (TPSA) is 76.5 Å². The van der Waals surface area contributed by atoms with Crippen molar-refractivity contribution in [1.82, 2.24) is 19.8 Å². The molecular formula is C23H26N4O3. The Kier molecular flexibility index (Phi) is 5.55. The Labute approximate surface area is 175 Å². The molecule has 0 unspecified atom stereocenters. The summed E-state index contributed by atoms with van der Waals surface area (Å²) in [6.07, 6.45) is 0. The van der Waals surface area contributed by atoms with Gasteiger partial charge >= 0.3 is 0 Å². The van der Waals surface area contributed by atoms with Crippen LogP contribution in [0.2, 0.25) is 0 Å². The van der Waals surface area contributed by atoms with Gasteiger partial charge in [-0.2, -0.15) is 0 Å². The predicted octanol–water partition coefficient (Wildman–Crippen LogP) is 2.90. The number of hydrogen-bond acceptors (Lipinski definition) is 4. The molecule has 7 nitrogen and oxygen atoms in total. The van der Waals surface area contributed by atoms with Crippen LogP contribution in [0.25, 0.3) is 11.0 Å². The lowest BCUT2D eigenvalue weighted by Gasteiger charge is -2.25. The monoisotopic (exact) mass is 406 g/mol. The van der Waals surface area contributed by atoms with Crippen molar-refractivity contribution in [2.75, 3.05) is 13.7 Å². The van der Waals surface area contributed by atoms with E-state index in [4.69, 9.17) is 9.72 Å². The number of nitrogens with one attached hydrogen (secondary N) is 1. The number of ether oxygens (including phenoxy) is 1. The quantitative estimate of drug-likeness (QED) is 0.655. The van der Waals surface area contributed by atoms with E-state index in [9.17, 15) is 9.59 Å². The molecule has 156 valence electrons. The van der Waals surface area contributed by atoms with E-state index in [0.29, 0.717) is 25.3 Å². The lowest BCUT2D eigenvalue weighted by molar-refractivity contribution is -0.125. The number of fused-ring (bicyclic) bond motifs is 2. The Morgan fingerprint density at radius 3 is 2.67 bits per heavy atom. The molecule has 3 aromatic rings. The molecule has 7 heteroatoms. The smallest absolute Gasteiger partial charge is 0.255 e. The number of methoxy groups -OCH3 is 1. The molecular weight excluding hydrogens is 380 g/mol. The Morgan fingerprint density at radius 1 is 1.17 bits per heavy atom. The van der Waals surface area contributed by atoms with Gasteiger partial charge in [-0.05, 0) is 37.6 Å². The number of carbonyl (C=O) groups is 2. The molecule has 1 aliphatic heterocycles. The molecule has 0 aliphatic carbocycles. The lowest BCUT2D eigenvalue weighted by Crippen LogP contribution is -2.46. The number of imidazole rings is 1. The lowest BCUT2D eigenvalue weighted by atomic mass is 10.1. The number of nitrogens with zero attached hydrogens (tertiary/aromatic N) is 3. The van der Waals surface area contributed by atoms with Crippen molar-refractivity contribution in [3.63, 3.8) is 0 Å². The largest absolute Gasteiger partial charge is 0.383 e. The molecule has 1 aromatic heterocycles. The molecule has 0 fully saturated rings. The summed E-state index contributed by atoms with van der Waals surface area (Å²) in [5.41, 5.74) is 3.51. The third kappa shape index (κ3) is 3.57. The van der Waals surface area contributed by atoms with E-state index in [2.05, 4.69) is 9.88 Å². The van der Waals surface area contributed by atoms with Crippen molar-refractivity contribution in [2.45, 2.75) is 39.0 Å². The summed E-state index contributed by atoms with van der Waals surface area (Å²) in [6, 6.07) is 14.5. The summed E-state index contributed by atoms with van der Waals surface area (Å²) < 4.78 is 7.32. The Morgan fingerprint density at radius 2 is 1.90 bits per heavy atom. The second-order valence-electron chi connectivity index (χ2n) is 7.60. The van der Waals surface area contributed by atoms with Crippen LogP contribution < -0.4 is 5.32 Å². The molecule has 0 saturated heterocycles. The fraction of sp³-hybridized carbons (Fsp3) is 0.348. The van der Waals surface area contributed by atoms with Gasteiger partial charge in [0.05, 0.1) is 23.7 Å². The highest BCUT2D eigenvalue weighted by Gasteiger charge is 2.34. The van der Waals surface area contributed by atoms with Crippen LogP contribution in [-0.2, 0) is 22.6 Å². The van der Waals surface area contributed by atoms with Crippen LogP contribution in [0.4, 0.5) is 0 Å². The van der Waals surface area contributed by atoms with Crippen molar-refractivity contribution >= 4 is 22.8 Å². The minimum Gasteiger partial charge on any atom is -0.383 e. The number of para-hydroxylation sites is 2. The van der Waals surface area contributed by atoms with Crippen LogP contribution in [0.15, 0.2) is 48.5 Å². The summed E-state index contributed by atoms with van der Waals surface area (Å²) in [5.74, 6) is 0.465. The third-order valence-electron chi connectivity index (χ3n) is 5.65. The summed E-state index contributed by atoms with van der Waals surface area (Å²) in [7, 11) is 1.66. The number of rotatable bonds is 7. The minimum atomic E-state index is -0.579. The highest BCUT2D eigenvalue weighted by atomic mass is 16.5. The molecule has 1 aliphatic rings. The molecule has 4 rings (SSSR count). The van der Waals surface area contributed by atoms with Crippen LogP contribution in [0.5, 0.6) is 0 Å². The van der Waals surface area contributed by atoms with E-state index in [1.54, 1.807) is 18.9 Å². The van der Waals surface area contributed by atoms with Gasteiger partial charge in [-0.3, -0.25) is 9.59 Å². The van der Waals surface area contributed by atoms with Gasteiger partial charge < -0.3 is 19.5 Å². The Hall–Kier alpha value is -3.19. The SMILES string of the molecule is COCCn1c([C@@H](C)NC(=O)[C@@H](C)N2Cc3ccccc3C2=O)nc2ccccc21. The number of amides is 2. The molecule has 1 N–H and O–H groups in total. The van der Waals surface area contributed by atoms with Crippen LogP contribution in [0, 0.1) is 0 Å². The van der Waals surface area contributed by atoms with Gasteiger partial charge in [0.2, 0.25) is 5.91 Å². The van der Waals surface area contributed by atoms with Crippen molar-refractivity contribution in [2.24, 2.45) is 0 Å². The van der Waals surface area contributed by atoms with Crippen molar-refractivity contribution < 1.29 is 14.3 Å². The highest BCUT2D eigenvalue weighted by molar-refractivity contribution is 6.01. The van der Waals surface area contributed by atoms with Gasteiger partial charge in [-0.1, -0.05) is 30.3 Å².